The fourth-order valence-corrected chi connectivity index (χ4v) is 2.74. The Kier molecular flexibility index (Phi) is 4.22. The van der Waals surface area contributed by atoms with Crippen LogP contribution in [0.25, 0.3) is 0 Å². The first-order valence-electron chi connectivity index (χ1n) is 6.68. The van der Waals surface area contributed by atoms with Crippen LogP contribution in [0.5, 0.6) is 0 Å². The molecule has 1 aliphatic rings. The Morgan fingerprint density at radius 1 is 1.44 bits per heavy atom. The number of piperidine rings is 1. The summed E-state index contributed by atoms with van der Waals surface area (Å²) in [5, 5.41) is 12.3. The molecule has 0 bridgehead atoms. The van der Waals surface area contributed by atoms with Gasteiger partial charge in [-0.1, -0.05) is 0 Å². The maximum atomic E-state index is 8.98. The largest absolute Gasteiger partial charge is 0.367 e. The minimum absolute atomic E-state index is 0.580. The van der Waals surface area contributed by atoms with Gasteiger partial charge in [-0.3, -0.25) is 0 Å². The maximum absolute atomic E-state index is 8.98. The van der Waals surface area contributed by atoms with Crippen molar-refractivity contribution in [2.24, 2.45) is 0 Å². The predicted octanol–water partition coefficient (Wildman–Crippen LogP) is 2.45. The number of nitrogens with one attached hydrogen (secondary N) is 1. The Labute approximate surface area is 109 Å². The molecule has 0 spiro atoms. The molecule has 0 aliphatic carbocycles. The molecule has 1 atom stereocenters. The summed E-state index contributed by atoms with van der Waals surface area (Å²) in [7, 11) is 2.01. The predicted molar refractivity (Wildman–Crippen MR) is 74.8 cm³/mol. The lowest BCUT2D eigenvalue weighted by atomic mass is 10.00. The Balaban J connectivity index is 2.23. The molecule has 1 N–H and O–H groups in total. The van der Waals surface area contributed by atoms with E-state index >= 15 is 0 Å². The average molecular weight is 243 g/mol. The summed E-state index contributed by atoms with van der Waals surface area (Å²) >= 11 is 0. The number of hydrogen-bond acceptors (Lipinski definition) is 3. The summed E-state index contributed by atoms with van der Waals surface area (Å²) in [5.41, 5.74) is 3.11. The standard InChI is InChI=1S/C15H21N3/c1-12-9-14(7-6-13(12)10-16)18-8-4-3-5-15(18)11-17-2/h6-7,9,15,17H,3-5,8,11H2,1-2H3. The van der Waals surface area contributed by atoms with Crippen molar-refractivity contribution in [3.05, 3.63) is 29.3 Å². The lowest BCUT2D eigenvalue weighted by Gasteiger charge is -2.37. The van der Waals surface area contributed by atoms with Gasteiger partial charge in [0.15, 0.2) is 0 Å². The van der Waals surface area contributed by atoms with Gasteiger partial charge in [-0.15, -0.1) is 0 Å². The lowest BCUT2D eigenvalue weighted by molar-refractivity contribution is 0.446. The van der Waals surface area contributed by atoms with Crippen molar-refractivity contribution < 1.29 is 0 Å². The highest BCUT2D eigenvalue weighted by molar-refractivity contribution is 5.54. The Morgan fingerprint density at radius 2 is 2.28 bits per heavy atom. The molecule has 0 amide bonds. The molecule has 1 fully saturated rings. The minimum atomic E-state index is 0.580. The van der Waals surface area contributed by atoms with Crippen LogP contribution in [-0.2, 0) is 0 Å². The van der Waals surface area contributed by atoms with Gasteiger partial charge in [-0.05, 0) is 57.0 Å². The van der Waals surface area contributed by atoms with Gasteiger partial charge in [0, 0.05) is 24.8 Å². The molecule has 96 valence electrons. The number of anilines is 1. The van der Waals surface area contributed by atoms with E-state index in [-0.39, 0.29) is 0 Å². The summed E-state index contributed by atoms with van der Waals surface area (Å²) < 4.78 is 0. The highest BCUT2D eigenvalue weighted by Gasteiger charge is 2.22. The number of rotatable bonds is 3. The third kappa shape index (κ3) is 2.65. The summed E-state index contributed by atoms with van der Waals surface area (Å²) in [5.74, 6) is 0. The first-order valence-corrected chi connectivity index (χ1v) is 6.68. The number of nitrogens with zero attached hydrogens (tertiary/aromatic N) is 2. The topological polar surface area (TPSA) is 39.1 Å². The quantitative estimate of drug-likeness (QED) is 0.886. The SMILES string of the molecule is CNCC1CCCCN1c1ccc(C#N)c(C)c1. The molecule has 1 heterocycles. The van der Waals surface area contributed by atoms with Crippen molar-refractivity contribution in [3.63, 3.8) is 0 Å². The number of aryl methyl sites for hydroxylation is 1. The monoisotopic (exact) mass is 243 g/mol. The van der Waals surface area contributed by atoms with E-state index in [1.807, 2.05) is 20.0 Å². The molecule has 18 heavy (non-hydrogen) atoms. The van der Waals surface area contributed by atoms with Crippen molar-refractivity contribution in [1.82, 2.24) is 5.32 Å². The van der Waals surface area contributed by atoms with Crippen molar-refractivity contribution in [3.8, 4) is 6.07 Å². The maximum Gasteiger partial charge on any atom is 0.0994 e. The molecule has 0 aromatic heterocycles. The number of hydrogen-bond donors (Lipinski definition) is 1. The second-order valence-electron chi connectivity index (χ2n) is 5.01. The first-order chi connectivity index (χ1) is 8.76. The van der Waals surface area contributed by atoms with Crippen LogP contribution >= 0.6 is 0 Å². The van der Waals surface area contributed by atoms with Crippen LogP contribution in [0, 0.1) is 18.3 Å². The Hall–Kier alpha value is -1.53. The van der Waals surface area contributed by atoms with Crippen LogP contribution in [0.4, 0.5) is 5.69 Å². The van der Waals surface area contributed by atoms with E-state index in [0.717, 1.165) is 24.2 Å². The average Bonchev–Trinajstić information content (AvgIpc) is 2.40. The van der Waals surface area contributed by atoms with E-state index in [0.29, 0.717) is 6.04 Å². The molecular weight excluding hydrogens is 222 g/mol. The van der Waals surface area contributed by atoms with Gasteiger partial charge < -0.3 is 10.2 Å². The second kappa shape index (κ2) is 5.88. The third-order valence-electron chi connectivity index (χ3n) is 3.73. The van der Waals surface area contributed by atoms with Gasteiger partial charge in [-0.2, -0.15) is 5.26 Å². The van der Waals surface area contributed by atoms with Crippen LogP contribution in [0.3, 0.4) is 0 Å². The van der Waals surface area contributed by atoms with E-state index in [9.17, 15) is 0 Å². The van der Waals surface area contributed by atoms with Crippen LogP contribution in [0.1, 0.15) is 30.4 Å². The molecule has 3 nitrogen and oxygen atoms in total. The molecule has 1 aliphatic heterocycles. The van der Waals surface area contributed by atoms with Gasteiger partial charge in [0.2, 0.25) is 0 Å². The van der Waals surface area contributed by atoms with E-state index in [2.05, 4.69) is 28.4 Å². The van der Waals surface area contributed by atoms with Crippen LogP contribution in [0.2, 0.25) is 0 Å². The van der Waals surface area contributed by atoms with E-state index < -0.39 is 0 Å². The van der Waals surface area contributed by atoms with Crippen molar-refractivity contribution >= 4 is 5.69 Å². The van der Waals surface area contributed by atoms with E-state index in [4.69, 9.17) is 5.26 Å². The molecule has 1 aromatic rings. The third-order valence-corrected chi connectivity index (χ3v) is 3.73. The van der Waals surface area contributed by atoms with Crippen molar-refractivity contribution in [2.75, 3.05) is 25.0 Å². The summed E-state index contributed by atoms with van der Waals surface area (Å²) in [6.07, 6.45) is 3.83. The Morgan fingerprint density at radius 3 is 2.94 bits per heavy atom. The molecule has 1 unspecified atom stereocenters. The molecule has 2 rings (SSSR count). The fourth-order valence-electron chi connectivity index (χ4n) is 2.74. The first kappa shape index (κ1) is 12.9. The van der Waals surface area contributed by atoms with Gasteiger partial charge in [0.1, 0.15) is 0 Å². The van der Waals surface area contributed by atoms with Gasteiger partial charge in [0.05, 0.1) is 11.6 Å². The smallest absolute Gasteiger partial charge is 0.0994 e. The normalized spacial score (nSPS) is 19.6. The summed E-state index contributed by atoms with van der Waals surface area (Å²) in [6, 6.07) is 8.98. The zero-order valence-electron chi connectivity index (χ0n) is 11.2. The van der Waals surface area contributed by atoms with Crippen LogP contribution in [-0.4, -0.2) is 26.2 Å². The highest BCUT2D eigenvalue weighted by Crippen LogP contribution is 2.26. The van der Waals surface area contributed by atoms with Crippen LogP contribution in [0.15, 0.2) is 18.2 Å². The molecule has 0 radical (unpaired) electrons. The highest BCUT2D eigenvalue weighted by atomic mass is 15.2. The van der Waals surface area contributed by atoms with Crippen LogP contribution < -0.4 is 10.2 Å². The molecular formula is C15H21N3. The molecule has 1 saturated heterocycles. The zero-order valence-corrected chi connectivity index (χ0v) is 11.2. The number of nitriles is 1. The molecule has 0 saturated carbocycles. The van der Waals surface area contributed by atoms with Gasteiger partial charge in [-0.25, -0.2) is 0 Å². The molecule has 1 aromatic carbocycles. The van der Waals surface area contributed by atoms with Gasteiger partial charge in [0.25, 0.3) is 0 Å². The minimum Gasteiger partial charge on any atom is -0.367 e. The summed E-state index contributed by atoms with van der Waals surface area (Å²) in [4.78, 5) is 2.48. The van der Waals surface area contributed by atoms with Crippen molar-refractivity contribution in [1.29, 1.82) is 5.26 Å². The lowest BCUT2D eigenvalue weighted by Crippen LogP contribution is -2.45. The Bertz CT molecular complexity index is 446. The van der Waals surface area contributed by atoms with E-state index in [1.54, 1.807) is 0 Å². The van der Waals surface area contributed by atoms with Gasteiger partial charge >= 0.3 is 0 Å². The number of likely N-dealkylation sites (N-methyl/N-ethyl adjacent to an activating group) is 1. The number of benzene rings is 1. The van der Waals surface area contributed by atoms with Crippen molar-refractivity contribution in [2.45, 2.75) is 32.2 Å². The fraction of sp³-hybridized carbons (Fsp3) is 0.533. The summed E-state index contributed by atoms with van der Waals surface area (Å²) in [6.45, 7) is 4.16. The zero-order chi connectivity index (χ0) is 13.0. The second-order valence-corrected chi connectivity index (χ2v) is 5.01. The molecule has 3 heteroatoms. The van der Waals surface area contributed by atoms with E-state index in [1.165, 1.54) is 24.9 Å².